The molecule has 1 N–H and O–H groups in total. The van der Waals surface area contributed by atoms with Gasteiger partial charge in [-0.2, -0.15) is 0 Å². The molecule has 0 aliphatic carbocycles. The maximum Gasteiger partial charge on any atom is 0.296 e. The average molecular weight is 428 g/mol. The topological polar surface area (TPSA) is 70.8 Å². The van der Waals surface area contributed by atoms with Crippen molar-refractivity contribution in [2.45, 2.75) is 12.6 Å². The first kappa shape index (κ1) is 19.3. The van der Waals surface area contributed by atoms with E-state index in [0.29, 0.717) is 21.9 Å². The summed E-state index contributed by atoms with van der Waals surface area (Å²) < 4.78 is 5.36. The van der Waals surface area contributed by atoms with E-state index in [1.54, 1.807) is 60.7 Å². The maximum absolute atomic E-state index is 12.9. The van der Waals surface area contributed by atoms with Crippen LogP contribution in [0.3, 0.4) is 0 Å². The van der Waals surface area contributed by atoms with E-state index in [1.165, 1.54) is 11.2 Å². The number of furan rings is 1. The van der Waals surface area contributed by atoms with E-state index in [4.69, 9.17) is 27.6 Å². The summed E-state index contributed by atoms with van der Waals surface area (Å²) in [6, 6.07) is 16.0. The molecule has 0 spiro atoms. The van der Waals surface area contributed by atoms with Gasteiger partial charge in [0, 0.05) is 5.56 Å². The Morgan fingerprint density at radius 3 is 2.41 bits per heavy atom. The zero-order valence-corrected chi connectivity index (χ0v) is 16.5. The normalized spacial score (nSPS) is 18.4. The zero-order valence-electron chi connectivity index (χ0n) is 15.0. The van der Waals surface area contributed by atoms with Gasteiger partial charge in [0.25, 0.3) is 11.7 Å². The van der Waals surface area contributed by atoms with E-state index >= 15 is 0 Å². The van der Waals surface area contributed by atoms with Gasteiger partial charge in [-0.1, -0.05) is 59.6 Å². The molecule has 0 bridgehead atoms. The average Bonchev–Trinajstić information content (AvgIpc) is 3.33. The number of nitrogens with zero attached hydrogens (tertiary/aromatic N) is 1. The Bertz CT molecular complexity index is 1110. The number of hydrogen-bond acceptors (Lipinski definition) is 4. The van der Waals surface area contributed by atoms with Crippen LogP contribution in [0.1, 0.15) is 22.9 Å². The predicted octanol–water partition coefficient (Wildman–Crippen LogP) is 5.21. The number of hydrogen-bond donors (Lipinski definition) is 1. The lowest BCUT2D eigenvalue weighted by Gasteiger charge is -2.24. The Kier molecular flexibility index (Phi) is 5.18. The number of halogens is 2. The van der Waals surface area contributed by atoms with E-state index in [0.717, 1.165) is 0 Å². The zero-order chi connectivity index (χ0) is 20.5. The second-order valence-electron chi connectivity index (χ2n) is 6.55. The highest BCUT2D eigenvalue weighted by Gasteiger charge is 2.46. The van der Waals surface area contributed by atoms with Gasteiger partial charge in [-0.25, -0.2) is 0 Å². The number of benzene rings is 2. The molecule has 3 aromatic rings. The van der Waals surface area contributed by atoms with Crippen molar-refractivity contribution in [3.05, 3.63) is 99.4 Å². The van der Waals surface area contributed by atoms with Gasteiger partial charge in [-0.3, -0.25) is 9.59 Å². The quantitative estimate of drug-likeness (QED) is 0.352. The van der Waals surface area contributed by atoms with Crippen molar-refractivity contribution in [3.8, 4) is 0 Å². The molecular formula is C22H15Cl2NO4. The van der Waals surface area contributed by atoms with Gasteiger partial charge in [0.1, 0.15) is 11.5 Å². The number of carbonyl (C=O) groups is 2. The lowest BCUT2D eigenvalue weighted by Crippen LogP contribution is -2.29. The molecule has 146 valence electrons. The summed E-state index contributed by atoms with van der Waals surface area (Å²) in [7, 11) is 0. The monoisotopic (exact) mass is 427 g/mol. The third-order valence-corrected chi connectivity index (χ3v) is 5.49. The number of carbonyl (C=O) groups excluding carboxylic acids is 2. The molecule has 2 aromatic carbocycles. The van der Waals surface area contributed by atoms with Crippen LogP contribution in [0.25, 0.3) is 5.76 Å². The lowest BCUT2D eigenvalue weighted by molar-refractivity contribution is -0.140. The van der Waals surface area contributed by atoms with Crippen LogP contribution in [0.15, 0.2) is 76.9 Å². The van der Waals surface area contributed by atoms with Gasteiger partial charge >= 0.3 is 0 Å². The molecule has 0 unspecified atom stereocenters. The summed E-state index contributed by atoms with van der Waals surface area (Å²) in [6.07, 6.45) is 1.49. The molecule has 1 aliphatic heterocycles. The largest absolute Gasteiger partial charge is 0.507 e. The van der Waals surface area contributed by atoms with Crippen molar-refractivity contribution < 1.29 is 19.1 Å². The minimum atomic E-state index is -0.838. The summed E-state index contributed by atoms with van der Waals surface area (Å²) in [5.41, 5.74) is 0.988. The number of amides is 1. The highest BCUT2D eigenvalue weighted by Crippen LogP contribution is 2.41. The molecule has 1 amide bonds. The Labute approximate surface area is 176 Å². The van der Waals surface area contributed by atoms with E-state index in [2.05, 4.69) is 0 Å². The van der Waals surface area contributed by atoms with Gasteiger partial charge < -0.3 is 14.4 Å². The molecule has 5 nitrogen and oxygen atoms in total. The molecule has 2 heterocycles. The smallest absolute Gasteiger partial charge is 0.296 e. The standard InChI is InChI=1S/C22H15Cl2NO4/c23-16-9-8-14(11-17(16)24)19-18(20(26)13-5-2-1-3-6-13)21(27)22(28)25(19)12-15-7-4-10-29-15/h1-11,19,26H,12H2/t19-/m0/s1. The van der Waals surface area contributed by atoms with Crippen LogP contribution in [0.4, 0.5) is 0 Å². The maximum atomic E-state index is 12.9. The first-order chi connectivity index (χ1) is 14.0. The second-order valence-corrected chi connectivity index (χ2v) is 7.36. The summed E-state index contributed by atoms with van der Waals surface area (Å²) in [6.45, 7) is 0.0635. The van der Waals surface area contributed by atoms with Crippen LogP contribution in [0, 0.1) is 0 Å². The minimum Gasteiger partial charge on any atom is -0.507 e. The number of aliphatic hydroxyl groups excluding tert-OH is 1. The molecule has 4 rings (SSSR count). The number of rotatable bonds is 4. The van der Waals surface area contributed by atoms with E-state index in [1.807, 2.05) is 0 Å². The predicted molar refractivity (Wildman–Crippen MR) is 109 cm³/mol. The lowest BCUT2D eigenvalue weighted by atomic mass is 9.95. The van der Waals surface area contributed by atoms with Crippen LogP contribution in [-0.4, -0.2) is 21.7 Å². The fourth-order valence-electron chi connectivity index (χ4n) is 3.39. The van der Waals surface area contributed by atoms with Crippen LogP contribution in [-0.2, 0) is 16.1 Å². The van der Waals surface area contributed by atoms with Crippen molar-refractivity contribution in [2.75, 3.05) is 0 Å². The van der Waals surface area contributed by atoms with Crippen LogP contribution in [0.2, 0.25) is 10.0 Å². The third-order valence-electron chi connectivity index (χ3n) is 4.75. The van der Waals surface area contributed by atoms with Crippen molar-refractivity contribution in [1.82, 2.24) is 4.90 Å². The molecule has 1 aliphatic rings. The Balaban J connectivity index is 1.89. The Morgan fingerprint density at radius 1 is 1.00 bits per heavy atom. The number of aliphatic hydroxyl groups is 1. The molecule has 1 saturated heterocycles. The van der Waals surface area contributed by atoms with Crippen molar-refractivity contribution in [3.63, 3.8) is 0 Å². The van der Waals surface area contributed by atoms with Gasteiger partial charge in [0.2, 0.25) is 0 Å². The van der Waals surface area contributed by atoms with E-state index in [9.17, 15) is 14.7 Å². The minimum absolute atomic E-state index is 0.00820. The summed E-state index contributed by atoms with van der Waals surface area (Å²) in [5, 5.41) is 11.5. The highest BCUT2D eigenvalue weighted by molar-refractivity contribution is 6.46. The van der Waals surface area contributed by atoms with Crippen molar-refractivity contribution in [1.29, 1.82) is 0 Å². The second kappa shape index (κ2) is 7.78. The van der Waals surface area contributed by atoms with Crippen LogP contribution >= 0.6 is 23.2 Å². The summed E-state index contributed by atoms with van der Waals surface area (Å²) >= 11 is 12.2. The SMILES string of the molecule is O=C1C(=O)N(Cc2ccco2)[C@@H](c2ccc(Cl)c(Cl)c2)C1=C(O)c1ccccc1. The molecule has 1 aromatic heterocycles. The molecule has 7 heteroatoms. The van der Waals surface area contributed by atoms with Gasteiger partial charge in [-0.15, -0.1) is 0 Å². The molecule has 29 heavy (non-hydrogen) atoms. The first-order valence-electron chi connectivity index (χ1n) is 8.78. The van der Waals surface area contributed by atoms with Gasteiger partial charge in [0.15, 0.2) is 0 Å². The fraction of sp³-hybridized carbons (Fsp3) is 0.0909. The van der Waals surface area contributed by atoms with Gasteiger partial charge in [0.05, 0.1) is 34.5 Å². The molecule has 0 saturated carbocycles. The first-order valence-corrected chi connectivity index (χ1v) is 9.54. The number of ketones is 1. The van der Waals surface area contributed by atoms with Crippen LogP contribution in [0.5, 0.6) is 0 Å². The molecule has 1 fully saturated rings. The summed E-state index contributed by atoms with van der Waals surface area (Å²) in [4.78, 5) is 27.1. The Hall–Kier alpha value is -3.02. The van der Waals surface area contributed by atoms with Crippen molar-refractivity contribution >= 4 is 40.7 Å². The number of likely N-dealkylation sites (tertiary alicyclic amines) is 1. The van der Waals surface area contributed by atoms with E-state index in [-0.39, 0.29) is 22.9 Å². The summed E-state index contributed by atoms with van der Waals surface area (Å²) in [5.74, 6) is -1.23. The highest BCUT2D eigenvalue weighted by atomic mass is 35.5. The van der Waals surface area contributed by atoms with Gasteiger partial charge in [-0.05, 0) is 29.8 Å². The third kappa shape index (κ3) is 3.55. The number of Topliss-reactive ketones (excluding diaryl/α,β-unsaturated/α-hetero) is 1. The molecular weight excluding hydrogens is 413 g/mol. The van der Waals surface area contributed by atoms with E-state index < -0.39 is 17.7 Å². The molecule has 1 atom stereocenters. The fourth-order valence-corrected chi connectivity index (χ4v) is 3.70. The van der Waals surface area contributed by atoms with Crippen molar-refractivity contribution in [2.24, 2.45) is 0 Å². The molecule has 0 radical (unpaired) electrons. The Morgan fingerprint density at radius 2 is 1.76 bits per heavy atom. The van der Waals surface area contributed by atoms with Crippen LogP contribution < -0.4 is 0 Å².